The number of aromatic nitrogens is 4. The fourth-order valence-electron chi connectivity index (χ4n) is 2.58. The molecule has 5 heteroatoms. The third-order valence-corrected chi connectivity index (χ3v) is 3.76. The molecule has 0 fully saturated rings. The minimum absolute atomic E-state index is 0.170. The Hall–Kier alpha value is -1.62. The van der Waals surface area contributed by atoms with Crippen molar-refractivity contribution >= 4 is 0 Å². The molecule has 20 heavy (non-hydrogen) atoms. The highest BCUT2D eigenvalue weighted by Crippen LogP contribution is 2.27. The van der Waals surface area contributed by atoms with E-state index in [0.717, 1.165) is 25.2 Å². The molecule has 1 N–H and O–H groups in total. The second-order valence-electron chi connectivity index (χ2n) is 5.22. The van der Waals surface area contributed by atoms with E-state index in [1.165, 1.54) is 16.8 Å². The fraction of sp³-hybridized carbons (Fsp3) is 0.600. The molecule has 1 unspecified atom stereocenters. The number of nitrogens with zero attached hydrogens (tertiary/aromatic N) is 4. The Labute approximate surface area is 121 Å². The van der Waals surface area contributed by atoms with Crippen LogP contribution in [0.5, 0.6) is 0 Å². The maximum atomic E-state index is 4.54. The molecule has 0 aliphatic rings. The van der Waals surface area contributed by atoms with Crippen LogP contribution >= 0.6 is 0 Å². The van der Waals surface area contributed by atoms with Gasteiger partial charge in [0.2, 0.25) is 0 Å². The Morgan fingerprint density at radius 2 is 2.05 bits per heavy atom. The molecule has 2 rings (SSSR count). The molecule has 0 spiro atoms. The molecule has 2 heterocycles. The third-order valence-electron chi connectivity index (χ3n) is 3.76. The minimum Gasteiger partial charge on any atom is -0.306 e. The van der Waals surface area contributed by atoms with Crippen LogP contribution in [-0.4, -0.2) is 26.1 Å². The lowest BCUT2D eigenvalue weighted by atomic mass is 9.99. The summed E-state index contributed by atoms with van der Waals surface area (Å²) in [6, 6.07) is 0.170. The molecule has 0 aliphatic carbocycles. The van der Waals surface area contributed by atoms with Gasteiger partial charge in [-0.05, 0) is 33.7 Å². The summed E-state index contributed by atoms with van der Waals surface area (Å²) >= 11 is 0. The van der Waals surface area contributed by atoms with Crippen LogP contribution in [-0.2, 0) is 13.6 Å². The van der Waals surface area contributed by atoms with Gasteiger partial charge >= 0.3 is 0 Å². The lowest BCUT2D eigenvalue weighted by Gasteiger charge is -2.18. The normalized spacial score (nSPS) is 12.8. The van der Waals surface area contributed by atoms with E-state index < -0.39 is 0 Å². The first-order valence-corrected chi connectivity index (χ1v) is 7.34. The monoisotopic (exact) mass is 275 g/mol. The van der Waals surface area contributed by atoms with Gasteiger partial charge in [-0.2, -0.15) is 10.2 Å². The van der Waals surface area contributed by atoms with Crippen LogP contribution in [0, 0.1) is 13.8 Å². The van der Waals surface area contributed by atoms with Gasteiger partial charge in [0, 0.05) is 36.6 Å². The molecule has 0 aliphatic heterocycles. The standard InChI is InChI=1S/C15H25N5/c1-6-8-16-15(13-9-17-20(7-2)10-13)14-11(3)18-19(5)12(14)4/h9-10,15-16H,6-8H2,1-5H3. The largest absolute Gasteiger partial charge is 0.306 e. The Morgan fingerprint density at radius 3 is 2.55 bits per heavy atom. The number of hydrogen-bond acceptors (Lipinski definition) is 3. The lowest BCUT2D eigenvalue weighted by molar-refractivity contribution is 0.590. The van der Waals surface area contributed by atoms with Crippen LogP contribution in [0.4, 0.5) is 0 Å². The second kappa shape index (κ2) is 6.22. The van der Waals surface area contributed by atoms with Gasteiger partial charge in [-0.15, -0.1) is 0 Å². The van der Waals surface area contributed by atoms with Gasteiger partial charge in [0.25, 0.3) is 0 Å². The summed E-state index contributed by atoms with van der Waals surface area (Å²) in [5.41, 5.74) is 4.78. The van der Waals surface area contributed by atoms with Gasteiger partial charge in [-0.25, -0.2) is 0 Å². The molecular weight excluding hydrogens is 250 g/mol. The summed E-state index contributed by atoms with van der Waals surface area (Å²) in [5.74, 6) is 0. The Kier molecular flexibility index (Phi) is 4.60. The van der Waals surface area contributed by atoms with Crippen molar-refractivity contribution in [1.82, 2.24) is 24.9 Å². The highest BCUT2D eigenvalue weighted by molar-refractivity contribution is 5.35. The minimum atomic E-state index is 0.170. The number of hydrogen-bond donors (Lipinski definition) is 1. The lowest BCUT2D eigenvalue weighted by Crippen LogP contribution is -2.24. The first kappa shape index (κ1) is 14.8. The van der Waals surface area contributed by atoms with E-state index in [-0.39, 0.29) is 6.04 Å². The van der Waals surface area contributed by atoms with Crippen molar-refractivity contribution in [3.05, 3.63) is 34.9 Å². The van der Waals surface area contributed by atoms with Crippen molar-refractivity contribution < 1.29 is 0 Å². The van der Waals surface area contributed by atoms with Crippen molar-refractivity contribution in [2.45, 2.75) is 46.7 Å². The summed E-state index contributed by atoms with van der Waals surface area (Å²) in [4.78, 5) is 0. The smallest absolute Gasteiger partial charge is 0.0647 e. The van der Waals surface area contributed by atoms with Crippen LogP contribution in [0.2, 0.25) is 0 Å². The predicted molar refractivity (Wildman–Crippen MR) is 80.7 cm³/mol. The zero-order valence-corrected chi connectivity index (χ0v) is 13.1. The SMILES string of the molecule is CCCNC(c1cnn(CC)c1)c1c(C)nn(C)c1C. The maximum Gasteiger partial charge on any atom is 0.0647 e. The maximum absolute atomic E-state index is 4.54. The van der Waals surface area contributed by atoms with Crippen LogP contribution in [0.15, 0.2) is 12.4 Å². The van der Waals surface area contributed by atoms with Crippen molar-refractivity contribution in [3.63, 3.8) is 0 Å². The van der Waals surface area contributed by atoms with Gasteiger partial charge < -0.3 is 5.32 Å². The molecule has 1 atom stereocenters. The Bertz CT molecular complexity index is 567. The molecule has 0 aromatic carbocycles. The van der Waals surface area contributed by atoms with Gasteiger partial charge in [-0.1, -0.05) is 6.92 Å². The molecule has 5 nitrogen and oxygen atoms in total. The topological polar surface area (TPSA) is 47.7 Å². The van der Waals surface area contributed by atoms with Gasteiger partial charge in [0.1, 0.15) is 0 Å². The van der Waals surface area contributed by atoms with Crippen LogP contribution in [0.3, 0.4) is 0 Å². The first-order chi connectivity index (χ1) is 9.58. The van der Waals surface area contributed by atoms with E-state index in [1.54, 1.807) is 0 Å². The fourth-order valence-corrected chi connectivity index (χ4v) is 2.58. The van der Waals surface area contributed by atoms with E-state index in [4.69, 9.17) is 0 Å². The average molecular weight is 275 g/mol. The molecule has 0 amide bonds. The summed E-state index contributed by atoms with van der Waals surface area (Å²) < 4.78 is 3.92. The summed E-state index contributed by atoms with van der Waals surface area (Å²) in [6.07, 6.45) is 5.19. The van der Waals surface area contributed by atoms with Gasteiger partial charge in [0.15, 0.2) is 0 Å². The van der Waals surface area contributed by atoms with Crippen molar-refractivity contribution in [2.75, 3.05) is 6.54 Å². The molecular formula is C15H25N5. The molecule has 2 aromatic heterocycles. The third kappa shape index (κ3) is 2.77. The zero-order valence-electron chi connectivity index (χ0n) is 13.1. The van der Waals surface area contributed by atoms with Crippen molar-refractivity contribution in [2.24, 2.45) is 7.05 Å². The number of rotatable bonds is 6. The molecule has 0 saturated heterocycles. The Balaban J connectivity index is 2.41. The molecule has 0 saturated carbocycles. The van der Waals surface area contributed by atoms with Crippen LogP contribution in [0.25, 0.3) is 0 Å². The number of nitrogens with one attached hydrogen (secondary N) is 1. The van der Waals surface area contributed by atoms with Crippen LogP contribution in [0.1, 0.15) is 48.8 Å². The van der Waals surface area contributed by atoms with E-state index in [9.17, 15) is 0 Å². The average Bonchev–Trinajstić information content (AvgIpc) is 2.99. The molecule has 110 valence electrons. The van der Waals surface area contributed by atoms with Gasteiger partial charge in [0.05, 0.1) is 17.9 Å². The quantitative estimate of drug-likeness (QED) is 0.880. The van der Waals surface area contributed by atoms with Crippen molar-refractivity contribution in [1.29, 1.82) is 0 Å². The Morgan fingerprint density at radius 1 is 1.30 bits per heavy atom. The summed E-state index contributed by atoms with van der Waals surface area (Å²) in [6.45, 7) is 10.4. The first-order valence-electron chi connectivity index (χ1n) is 7.34. The predicted octanol–water partition coefficient (Wildman–Crippen LogP) is 2.34. The highest BCUT2D eigenvalue weighted by Gasteiger charge is 2.22. The number of aryl methyl sites for hydroxylation is 3. The second-order valence-corrected chi connectivity index (χ2v) is 5.22. The zero-order chi connectivity index (χ0) is 14.7. The van der Waals surface area contributed by atoms with E-state index in [1.807, 2.05) is 22.6 Å². The van der Waals surface area contributed by atoms with Crippen molar-refractivity contribution in [3.8, 4) is 0 Å². The van der Waals surface area contributed by atoms with E-state index in [0.29, 0.717) is 0 Å². The summed E-state index contributed by atoms with van der Waals surface area (Å²) in [7, 11) is 2.00. The van der Waals surface area contributed by atoms with Gasteiger partial charge in [-0.3, -0.25) is 9.36 Å². The molecule has 0 radical (unpaired) electrons. The summed E-state index contributed by atoms with van der Waals surface area (Å²) in [5, 5.41) is 12.6. The molecule has 2 aromatic rings. The van der Waals surface area contributed by atoms with E-state index in [2.05, 4.69) is 49.4 Å². The highest BCUT2D eigenvalue weighted by atomic mass is 15.3. The van der Waals surface area contributed by atoms with Crippen LogP contribution < -0.4 is 5.32 Å². The van der Waals surface area contributed by atoms with E-state index >= 15 is 0 Å². The molecule has 0 bridgehead atoms.